The molecule has 20 heteroatoms. The number of aliphatic hydroxyl groups is 12. The summed E-state index contributed by atoms with van der Waals surface area (Å²) in [5.41, 5.74) is -7.14. The van der Waals surface area contributed by atoms with Gasteiger partial charge < -0.3 is 82.5 Å². The lowest BCUT2D eigenvalue weighted by molar-refractivity contribution is -0.141. The lowest BCUT2D eigenvalue weighted by Crippen LogP contribution is -2.62. The molecule has 0 bridgehead atoms. The SMILES string of the molecule is O=C(NC(CO)(CO)CO)C(CCCCCCC#CC#CCCCCCCC(C(=O)NC(CO)(CO)CO)C(=O)NC(CO)(CO)CO)C(=O)NC(CO)(CO)CO. The fourth-order valence-corrected chi connectivity index (χ4v) is 5.27. The average Bonchev–Trinajstić information content (AvgIpc) is 3.25. The van der Waals surface area contributed by atoms with Crippen LogP contribution in [0.15, 0.2) is 0 Å². The maximum atomic E-state index is 13.0. The standard InChI is InChI=1S/C38H66N4O16/c43-17-35(18-44,19-45)39-31(55)29(32(56)40-36(20-46,21-47)22-48)15-13-11-9-7-5-3-1-2-4-6-8-10-12-14-16-30(33(57)41-37(23-49,24-50)25-51)34(58)42-38(26-52,27-53)28-54/h29-30,43-54H,5-28H2,(H,39,55)(H,40,56)(H,41,57)(H,42,58). The first-order valence-corrected chi connectivity index (χ1v) is 19.3. The highest BCUT2D eigenvalue weighted by molar-refractivity contribution is 6.01. The van der Waals surface area contributed by atoms with E-state index in [1.807, 2.05) is 0 Å². The van der Waals surface area contributed by atoms with E-state index < -0.39 is 137 Å². The molecule has 4 amide bonds. The highest BCUT2D eigenvalue weighted by Gasteiger charge is 2.40. The van der Waals surface area contributed by atoms with Gasteiger partial charge in [0.15, 0.2) is 0 Å². The maximum absolute atomic E-state index is 13.0. The maximum Gasteiger partial charge on any atom is 0.233 e. The molecule has 0 heterocycles. The van der Waals surface area contributed by atoms with Gasteiger partial charge in [0.1, 0.15) is 34.0 Å². The molecule has 0 rings (SSSR count). The van der Waals surface area contributed by atoms with E-state index in [4.69, 9.17) is 0 Å². The number of hydrogen-bond donors (Lipinski definition) is 16. The van der Waals surface area contributed by atoms with Crippen molar-refractivity contribution in [2.75, 3.05) is 79.3 Å². The van der Waals surface area contributed by atoms with Gasteiger partial charge in [0, 0.05) is 12.8 Å². The van der Waals surface area contributed by atoms with Gasteiger partial charge in [0.25, 0.3) is 0 Å². The Balaban J connectivity index is 4.97. The van der Waals surface area contributed by atoms with E-state index in [1.54, 1.807) is 0 Å². The zero-order chi connectivity index (χ0) is 44.1. The largest absolute Gasteiger partial charge is 0.394 e. The summed E-state index contributed by atoms with van der Waals surface area (Å²) in [7, 11) is 0. The molecule has 0 aromatic rings. The quantitative estimate of drug-likeness (QED) is 0.0171. The summed E-state index contributed by atoms with van der Waals surface area (Å²) in [6.45, 7) is -9.72. The second-order valence-corrected chi connectivity index (χ2v) is 14.6. The van der Waals surface area contributed by atoms with Crippen LogP contribution < -0.4 is 21.3 Å². The van der Waals surface area contributed by atoms with Crippen molar-refractivity contribution in [3.8, 4) is 23.7 Å². The van der Waals surface area contributed by atoms with Crippen LogP contribution in [-0.4, -0.2) is 186 Å². The molecule has 0 aliphatic heterocycles. The zero-order valence-corrected chi connectivity index (χ0v) is 33.1. The van der Waals surface area contributed by atoms with Gasteiger partial charge >= 0.3 is 0 Å². The number of carbonyl (C=O) groups excluding carboxylic acids is 4. The van der Waals surface area contributed by atoms with Gasteiger partial charge in [-0.05, 0) is 37.5 Å². The molecule has 334 valence electrons. The summed E-state index contributed by atoms with van der Waals surface area (Å²) in [6.07, 6.45) is 5.85. The lowest BCUT2D eigenvalue weighted by Gasteiger charge is -2.33. The molecule has 16 N–H and O–H groups in total. The third kappa shape index (κ3) is 18.2. The predicted octanol–water partition coefficient (Wildman–Crippen LogP) is -5.77. The summed E-state index contributed by atoms with van der Waals surface area (Å²) in [5, 5.41) is 124. The van der Waals surface area contributed by atoms with Crippen molar-refractivity contribution in [3.63, 3.8) is 0 Å². The number of carbonyl (C=O) groups is 4. The summed E-state index contributed by atoms with van der Waals surface area (Å²) >= 11 is 0. The molecule has 0 aromatic heterocycles. The Hall–Kier alpha value is -3.48. The molecular weight excluding hydrogens is 768 g/mol. The van der Waals surface area contributed by atoms with Gasteiger partial charge in [-0.3, -0.25) is 19.2 Å². The molecule has 0 saturated heterocycles. The number of aliphatic hydroxyl groups excluding tert-OH is 12. The monoisotopic (exact) mass is 834 g/mol. The third-order valence-corrected chi connectivity index (χ3v) is 9.78. The molecule has 20 nitrogen and oxygen atoms in total. The number of hydrogen-bond acceptors (Lipinski definition) is 16. The molecule has 58 heavy (non-hydrogen) atoms. The van der Waals surface area contributed by atoms with Crippen LogP contribution in [0.1, 0.15) is 77.0 Å². The second kappa shape index (κ2) is 29.7. The topological polar surface area (TPSA) is 359 Å². The van der Waals surface area contributed by atoms with E-state index >= 15 is 0 Å². The Morgan fingerprint density at radius 2 is 0.552 bits per heavy atom. The first kappa shape index (κ1) is 54.5. The minimum atomic E-state index is -1.79. The number of amides is 4. The number of rotatable bonds is 32. The van der Waals surface area contributed by atoms with Crippen molar-refractivity contribution in [2.24, 2.45) is 11.8 Å². The van der Waals surface area contributed by atoms with Crippen molar-refractivity contribution >= 4 is 23.6 Å². The second-order valence-electron chi connectivity index (χ2n) is 14.6. The highest BCUT2D eigenvalue weighted by Crippen LogP contribution is 2.18. The molecule has 0 atom stereocenters. The van der Waals surface area contributed by atoms with Crippen molar-refractivity contribution in [3.05, 3.63) is 0 Å². The third-order valence-electron chi connectivity index (χ3n) is 9.78. The predicted molar refractivity (Wildman–Crippen MR) is 206 cm³/mol. The van der Waals surface area contributed by atoms with Crippen LogP contribution >= 0.6 is 0 Å². The normalized spacial score (nSPS) is 12.0. The van der Waals surface area contributed by atoms with Gasteiger partial charge in [-0.1, -0.05) is 50.4 Å². The Morgan fingerprint density at radius 3 is 0.759 bits per heavy atom. The molecular formula is C38H66N4O16. The van der Waals surface area contributed by atoms with E-state index in [0.29, 0.717) is 64.2 Å². The fraction of sp³-hybridized carbons (Fsp3) is 0.789. The fourth-order valence-electron chi connectivity index (χ4n) is 5.27. The van der Waals surface area contributed by atoms with Crippen LogP contribution in [0.2, 0.25) is 0 Å². The van der Waals surface area contributed by atoms with Gasteiger partial charge in [-0.15, -0.1) is 0 Å². The van der Waals surface area contributed by atoms with Crippen LogP contribution in [0.3, 0.4) is 0 Å². The number of nitrogens with one attached hydrogen (secondary N) is 4. The Kier molecular flexibility index (Phi) is 27.9. The smallest absolute Gasteiger partial charge is 0.233 e. The van der Waals surface area contributed by atoms with Crippen molar-refractivity contribution in [2.45, 2.75) is 99.2 Å². The number of unbranched alkanes of at least 4 members (excludes halogenated alkanes) is 8. The zero-order valence-electron chi connectivity index (χ0n) is 33.1. The van der Waals surface area contributed by atoms with Crippen LogP contribution in [0, 0.1) is 35.5 Å². The Morgan fingerprint density at radius 1 is 0.345 bits per heavy atom. The summed E-state index contributed by atoms with van der Waals surface area (Å²) in [5.74, 6) is 5.04. The molecule has 0 aliphatic carbocycles. The van der Waals surface area contributed by atoms with Crippen LogP contribution in [0.25, 0.3) is 0 Å². The van der Waals surface area contributed by atoms with Crippen LogP contribution in [0.5, 0.6) is 0 Å². The lowest BCUT2D eigenvalue weighted by atomic mass is 9.94. The summed E-state index contributed by atoms with van der Waals surface area (Å²) in [4.78, 5) is 52.1. The van der Waals surface area contributed by atoms with Crippen LogP contribution in [-0.2, 0) is 19.2 Å². The first-order valence-electron chi connectivity index (χ1n) is 19.3. The van der Waals surface area contributed by atoms with E-state index in [9.17, 15) is 80.5 Å². The van der Waals surface area contributed by atoms with Gasteiger partial charge in [0.2, 0.25) is 23.6 Å². The highest BCUT2D eigenvalue weighted by atomic mass is 16.3. The Bertz CT molecular complexity index is 1130. The van der Waals surface area contributed by atoms with Gasteiger partial charge in [-0.2, -0.15) is 0 Å². The Labute approximate surface area is 339 Å². The van der Waals surface area contributed by atoms with E-state index in [-0.39, 0.29) is 12.8 Å². The van der Waals surface area contributed by atoms with Gasteiger partial charge in [0.05, 0.1) is 79.3 Å². The van der Waals surface area contributed by atoms with Gasteiger partial charge in [-0.25, -0.2) is 0 Å². The summed E-state index contributed by atoms with van der Waals surface area (Å²) in [6, 6.07) is 0. The van der Waals surface area contributed by atoms with Crippen molar-refractivity contribution in [1.82, 2.24) is 21.3 Å². The van der Waals surface area contributed by atoms with E-state index in [0.717, 1.165) is 0 Å². The minimum absolute atomic E-state index is 0.0117. The molecule has 0 radical (unpaired) electrons. The molecule has 0 spiro atoms. The molecule has 0 fully saturated rings. The van der Waals surface area contributed by atoms with E-state index in [1.165, 1.54) is 0 Å². The molecule has 0 unspecified atom stereocenters. The van der Waals surface area contributed by atoms with Crippen molar-refractivity contribution in [1.29, 1.82) is 0 Å². The first-order chi connectivity index (χ1) is 27.7. The minimum Gasteiger partial charge on any atom is -0.394 e. The van der Waals surface area contributed by atoms with E-state index in [2.05, 4.69) is 44.9 Å². The van der Waals surface area contributed by atoms with Crippen molar-refractivity contribution < 1.29 is 80.5 Å². The molecule has 0 saturated carbocycles. The van der Waals surface area contributed by atoms with Crippen LogP contribution in [0.4, 0.5) is 0 Å². The summed E-state index contributed by atoms with van der Waals surface area (Å²) < 4.78 is 0. The molecule has 0 aromatic carbocycles. The molecule has 0 aliphatic rings. The average molecular weight is 835 g/mol.